The number of benzene rings is 1. The molecule has 2 fully saturated rings. The van der Waals surface area contributed by atoms with Gasteiger partial charge in [0.25, 0.3) is 0 Å². The lowest BCUT2D eigenvalue weighted by Crippen LogP contribution is -2.39. The topological polar surface area (TPSA) is 53.0 Å². The van der Waals surface area contributed by atoms with Crippen LogP contribution >= 0.6 is 24.0 Å². The van der Waals surface area contributed by atoms with E-state index in [9.17, 15) is 0 Å². The zero-order valence-electron chi connectivity index (χ0n) is 17.9. The number of likely N-dealkylation sites (tertiary alicyclic amines) is 1. The van der Waals surface area contributed by atoms with E-state index < -0.39 is 0 Å². The van der Waals surface area contributed by atoms with Gasteiger partial charge in [-0.2, -0.15) is 0 Å². The van der Waals surface area contributed by atoms with Crippen LogP contribution in [0.25, 0.3) is 0 Å². The summed E-state index contributed by atoms with van der Waals surface area (Å²) in [7, 11) is 3.56. The molecule has 0 bridgehead atoms. The molecule has 2 aromatic rings. The summed E-state index contributed by atoms with van der Waals surface area (Å²) in [4.78, 5) is 13.9. The first-order valence-corrected chi connectivity index (χ1v) is 10.6. The zero-order chi connectivity index (χ0) is 20.1. The summed E-state index contributed by atoms with van der Waals surface area (Å²) >= 11 is 0. The van der Waals surface area contributed by atoms with Crippen LogP contribution in [-0.4, -0.2) is 56.2 Å². The van der Waals surface area contributed by atoms with E-state index in [0.717, 1.165) is 56.7 Å². The molecule has 2 aliphatic rings. The van der Waals surface area contributed by atoms with Crippen LogP contribution in [0.15, 0.2) is 47.6 Å². The molecule has 0 aliphatic carbocycles. The number of anilines is 1. The van der Waals surface area contributed by atoms with E-state index >= 15 is 0 Å². The Kier molecular flexibility index (Phi) is 8.18. The maximum Gasteiger partial charge on any atom is 0.193 e. The minimum absolute atomic E-state index is 0. The molecule has 1 atom stereocenters. The Morgan fingerprint density at radius 2 is 1.90 bits per heavy atom. The molecule has 30 heavy (non-hydrogen) atoms. The van der Waals surface area contributed by atoms with Crippen LogP contribution in [0.2, 0.25) is 0 Å². The second kappa shape index (κ2) is 10.8. The number of ether oxygens (including phenoxy) is 1. The van der Waals surface area contributed by atoms with Gasteiger partial charge in [0.15, 0.2) is 5.96 Å². The van der Waals surface area contributed by atoms with Crippen molar-refractivity contribution in [3.05, 3.63) is 53.7 Å². The van der Waals surface area contributed by atoms with E-state index in [-0.39, 0.29) is 24.0 Å². The van der Waals surface area contributed by atoms with Gasteiger partial charge in [0, 0.05) is 51.9 Å². The standard InChI is InChI=1S/C23H31N5O.HI/c1-24-23(26-16-18-5-10-22(25-15-18)27-12-3-4-13-27)28-14-11-20(17-28)19-6-8-21(29-2)9-7-19;/h5-10,15,20H,3-4,11-14,16-17H2,1-2H3,(H,24,26);1H. The van der Waals surface area contributed by atoms with Crippen molar-refractivity contribution in [1.29, 1.82) is 0 Å². The average Bonchev–Trinajstić information content (AvgIpc) is 3.48. The number of methoxy groups -OCH3 is 1. The zero-order valence-corrected chi connectivity index (χ0v) is 20.2. The third kappa shape index (κ3) is 5.36. The van der Waals surface area contributed by atoms with Gasteiger partial charge >= 0.3 is 0 Å². The quantitative estimate of drug-likeness (QED) is 0.368. The van der Waals surface area contributed by atoms with E-state index in [0.29, 0.717) is 5.92 Å². The Labute approximate surface area is 196 Å². The molecular weight excluding hydrogens is 489 g/mol. The summed E-state index contributed by atoms with van der Waals surface area (Å²) in [5, 5.41) is 3.51. The maximum atomic E-state index is 5.27. The lowest BCUT2D eigenvalue weighted by molar-refractivity contribution is 0.414. The molecule has 0 amide bonds. The lowest BCUT2D eigenvalue weighted by atomic mass is 9.98. The summed E-state index contributed by atoms with van der Waals surface area (Å²) in [6, 6.07) is 12.8. The van der Waals surface area contributed by atoms with E-state index in [1.54, 1.807) is 7.11 Å². The number of pyridine rings is 1. The van der Waals surface area contributed by atoms with Gasteiger partial charge in [-0.05, 0) is 48.6 Å². The van der Waals surface area contributed by atoms with Gasteiger partial charge in [0.1, 0.15) is 11.6 Å². The summed E-state index contributed by atoms with van der Waals surface area (Å²) in [6.45, 7) is 4.99. The maximum absolute atomic E-state index is 5.27. The highest BCUT2D eigenvalue weighted by atomic mass is 127. The molecule has 0 saturated carbocycles. The Morgan fingerprint density at radius 1 is 1.13 bits per heavy atom. The first-order valence-electron chi connectivity index (χ1n) is 10.6. The Hall–Kier alpha value is -2.03. The van der Waals surface area contributed by atoms with Crippen LogP contribution in [0.1, 0.15) is 36.3 Å². The molecule has 6 nitrogen and oxygen atoms in total. The number of nitrogens with zero attached hydrogens (tertiary/aromatic N) is 4. The third-order valence-electron chi connectivity index (χ3n) is 5.98. The number of halogens is 1. The summed E-state index contributed by atoms with van der Waals surface area (Å²) in [6.07, 6.45) is 5.67. The second-order valence-electron chi connectivity index (χ2n) is 7.82. The fraction of sp³-hybridized carbons (Fsp3) is 0.478. The highest BCUT2D eigenvalue weighted by Gasteiger charge is 2.26. The first-order chi connectivity index (χ1) is 14.3. The van der Waals surface area contributed by atoms with Crippen molar-refractivity contribution >= 4 is 35.8 Å². The number of hydrogen-bond donors (Lipinski definition) is 1. The van der Waals surface area contributed by atoms with Gasteiger partial charge in [0.2, 0.25) is 0 Å². The van der Waals surface area contributed by atoms with Crippen molar-refractivity contribution < 1.29 is 4.74 Å². The summed E-state index contributed by atoms with van der Waals surface area (Å²) in [5.74, 6) is 3.49. The summed E-state index contributed by atoms with van der Waals surface area (Å²) < 4.78 is 5.27. The molecule has 3 heterocycles. The fourth-order valence-corrected chi connectivity index (χ4v) is 4.27. The smallest absolute Gasteiger partial charge is 0.193 e. The molecule has 0 spiro atoms. The van der Waals surface area contributed by atoms with Crippen LogP contribution < -0.4 is 15.0 Å². The van der Waals surface area contributed by atoms with E-state index in [2.05, 4.69) is 49.4 Å². The Balaban J connectivity index is 0.00000256. The largest absolute Gasteiger partial charge is 0.497 e. The second-order valence-corrected chi connectivity index (χ2v) is 7.82. The molecule has 7 heteroatoms. The first kappa shape index (κ1) is 22.7. The number of rotatable bonds is 5. The average molecular weight is 521 g/mol. The van der Waals surface area contributed by atoms with Crippen molar-refractivity contribution in [3.8, 4) is 5.75 Å². The minimum atomic E-state index is 0. The van der Waals surface area contributed by atoms with Crippen molar-refractivity contribution in [2.24, 2.45) is 4.99 Å². The number of guanidine groups is 1. The van der Waals surface area contributed by atoms with Gasteiger partial charge in [-0.1, -0.05) is 18.2 Å². The van der Waals surface area contributed by atoms with E-state index in [1.165, 1.54) is 24.0 Å². The van der Waals surface area contributed by atoms with E-state index in [4.69, 9.17) is 4.74 Å². The number of aliphatic imine (C=N–C) groups is 1. The fourth-order valence-electron chi connectivity index (χ4n) is 4.27. The summed E-state index contributed by atoms with van der Waals surface area (Å²) in [5.41, 5.74) is 2.55. The normalized spacial score (nSPS) is 19.0. The van der Waals surface area contributed by atoms with E-state index in [1.807, 2.05) is 25.4 Å². The van der Waals surface area contributed by atoms with Crippen LogP contribution in [0.3, 0.4) is 0 Å². The van der Waals surface area contributed by atoms with Crippen molar-refractivity contribution in [2.75, 3.05) is 45.2 Å². The highest BCUT2D eigenvalue weighted by molar-refractivity contribution is 14.0. The molecule has 1 unspecified atom stereocenters. The van der Waals surface area contributed by atoms with Crippen LogP contribution in [0.4, 0.5) is 5.82 Å². The van der Waals surface area contributed by atoms with Crippen LogP contribution in [-0.2, 0) is 6.54 Å². The molecule has 0 radical (unpaired) electrons. The monoisotopic (exact) mass is 521 g/mol. The highest BCUT2D eigenvalue weighted by Crippen LogP contribution is 2.28. The molecule has 2 saturated heterocycles. The molecule has 162 valence electrons. The van der Waals surface area contributed by atoms with Gasteiger partial charge < -0.3 is 19.9 Å². The van der Waals surface area contributed by atoms with Crippen molar-refractivity contribution in [3.63, 3.8) is 0 Å². The molecule has 4 rings (SSSR count). The van der Waals surface area contributed by atoms with Gasteiger partial charge in [0.05, 0.1) is 7.11 Å². The third-order valence-corrected chi connectivity index (χ3v) is 5.98. The van der Waals surface area contributed by atoms with Gasteiger partial charge in [-0.25, -0.2) is 4.98 Å². The molecule has 1 aromatic carbocycles. The van der Waals surface area contributed by atoms with Crippen LogP contribution in [0, 0.1) is 0 Å². The number of nitrogens with one attached hydrogen (secondary N) is 1. The number of hydrogen-bond acceptors (Lipinski definition) is 4. The molecule has 2 aliphatic heterocycles. The minimum Gasteiger partial charge on any atom is -0.497 e. The van der Waals surface area contributed by atoms with Gasteiger partial charge in [-0.15, -0.1) is 24.0 Å². The number of aromatic nitrogens is 1. The van der Waals surface area contributed by atoms with Crippen molar-refractivity contribution in [1.82, 2.24) is 15.2 Å². The molecule has 1 aromatic heterocycles. The predicted molar refractivity (Wildman–Crippen MR) is 133 cm³/mol. The predicted octanol–water partition coefficient (Wildman–Crippen LogP) is 3.87. The van der Waals surface area contributed by atoms with Crippen LogP contribution in [0.5, 0.6) is 5.75 Å². The lowest BCUT2D eigenvalue weighted by Gasteiger charge is -2.22. The Bertz CT molecular complexity index is 818. The SMILES string of the molecule is CN=C(NCc1ccc(N2CCCC2)nc1)N1CCC(c2ccc(OC)cc2)C1.I. The Morgan fingerprint density at radius 3 is 2.53 bits per heavy atom. The molecule has 1 N–H and O–H groups in total. The molecular formula is C23H32IN5O. The van der Waals surface area contributed by atoms with Crippen molar-refractivity contribution in [2.45, 2.75) is 31.7 Å². The van der Waals surface area contributed by atoms with Gasteiger partial charge in [-0.3, -0.25) is 4.99 Å².